The highest BCUT2D eigenvalue weighted by atomic mass is 16.4. The van der Waals surface area contributed by atoms with Crippen LogP contribution in [0.25, 0.3) is 0 Å². The van der Waals surface area contributed by atoms with Gasteiger partial charge in [-0.15, -0.1) is 0 Å². The highest BCUT2D eigenvalue weighted by Crippen LogP contribution is 2.20. The van der Waals surface area contributed by atoms with Gasteiger partial charge in [-0.2, -0.15) is 0 Å². The van der Waals surface area contributed by atoms with Crippen molar-refractivity contribution < 1.29 is 39.0 Å². The number of hydrogen-bond acceptors (Lipinski definition) is 9. The molecule has 1 aliphatic heterocycles. The first-order valence-electron chi connectivity index (χ1n) is 13.8. The van der Waals surface area contributed by atoms with Gasteiger partial charge in [-0.05, 0) is 63.3 Å². The molecular weight excluding hydrogens is 550 g/mol. The van der Waals surface area contributed by atoms with Gasteiger partial charge in [0.05, 0.1) is 12.6 Å². The van der Waals surface area contributed by atoms with Crippen molar-refractivity contribution in [1.29, 1.82) is 0 Å². The van der Waals surface area contributed by atoms with Crippen LogP contribution in [0, 0.1) is 0 Å². The molecule has 10 N–H and O–H groups in total. The van der Waals surface area contributed by atoms with Crippen molar-refractivity contribution in [2.45, 2.75) is 69.6 Å². The Morgan fingerprint density at radius 3 is 2.29 bits per heavy atom. The van der Waals surface area contributed by atoms with Gasteiger partial charge in [-0.1, -0.05) is 12.1 Å². The topological polar surface area (TPSA) is 246 Å². The number of phenolic OH excluding ortho intramolecular Hbond substituents is 1. The lowest BCUT2D eigenvalue weighted by Crippen LogP contribution is -2.56. The number of nitrogens with zero attached hydrogens (tertiary/aromatic N) is 1. The van der Waals surface area contributed by atoms with Crippen LogP contribution in [0.4, 0.5) is 0 Å². The molecule has 5 amide bonds. The Morgan fingerprint density at radius 2 is 1.67 bits per heavy atom. The average molecular weight is 592 g/mol. The first-order chi connectivity index (χ1) is 19.9. The molecule has 15 nitrogen and oxygen atoms in total. The molecule has 0 aromatic heterocycles. The summed E-state index contributed by atoms with van der Waals surface area (Å²) in [4.78, 5) is 76.1. The standard InChI is InChI=1S/C27H41N7O8/c1-16(29)24(39)33-20(13-17-7-9-18(35)10-8-17)27(42)34-12-4-6-21(34)26(41)30-14-22(36)32-19(5-2-3-11-28)25(40)31-15-23(37)38/h7-10,16,19-21,35H,2-6,11-15,28-29H2,1H3,(H,30,41)(H,31,40)(H,32,36)(H,33,39)(H,37,38)/t16-,19-,20-,21-/m0/s1. The SMILES string of the molecule is C[C@H](N)C(=O)N[C@@H](Cc1ccc(O)cc1)C(=O)N1CCC[C@H]1C(=O)NCC(=O)N[C@@H](CCCCN)C(=O)NCC(=O)O. The summed E-state index contributed by atoms with van der Waals surface area (Å²) in [5.74, 6) is -4.14. The maximum Gasteiger partial charge on any atom is 0.322 e. The van der Waals surface area contributed by atoms with Gasteiger partial charge < -0.3 is 47.8 Å². The summed E-state index contributed by atoms with van der Waals surface area (Å²) in [6.07, 6.45) is 2.29. The van der Waals surface area contributed by atoms with Crippen LogP contribution in [0.3, 0.4) is 0 Å². The number of rotatable bonds is 16. The molecule has 42 heavy (non-hydrogen) atoms. The van der Waals surface area contributed by atoms with E-state index in [2.05, 4.69) is 21.3 Å². The molecule has 0 unspecified atom stereocenters. The second-order valence-corrected chi connectivity index (χ2v) is 10.1. The van der Waals surface area contributed by atoms with Crippen LogP contribution >= 0.6 is 0 Å². The normalized spacial score (nSPS) is 16.5. The van der Waals surface area contributed by atoms with Gasteiger partial charge in [-0.25, -0.2) is 0 Å². The van der Waals surface area contributed by atoms with Crippen LogP contribution in [-0.4, -0.2) is 101 Å². The van der Waals surface area contributed by atoms with Crippen molar-refractivity contribution in [2.24, 2.45) is 11.5 Å². The molecule has 0 saturated carbocycles. The van der Waals surface area contributed by atoms with E-state index in [0.717, 1.165) is 0 Å². The number of aliphatic carboxylic acids is 1. The minimum atomic E-state index is -1.24. The summed E-state index contributed by atoms with van der Waals surface area (Å²) in [5, 5.41) is 28.2. The Bertz CT molecular complexity index is 1110. The number of carboxylic acids is 1. The number of unbranched alkanes of at least 4 members (excludes halogenated alkanes) is 1. The van der Waals surface area contributed by atoms with E-state index in [1.807, 2.05) is 0 Å². The van der Waals surface area contributed by atoms with Gasteiger partial charge in [-0.3, -0.25) is 28.8 Å². The number of aromatic hydroxyl groups is 1. The number of nitrogens with two attached hydrogens (primary N) is 2. The maximum atomic E-state index is 13.5. The number of carbonyl (C=O) groups excluding carboxylic acids is 5. The highest BCUT2D eigenvalue weighted by molar-refractivity contribution is 5.95. The van der Waals surface area contributed by atoms with Crippen LogP contribution in [0.5, 0.6) is 5.75 Å². The predicted octanol–water partition coefficient (Wildman–Crippen LogP) is -2.31. The van der Waals surface area contributed by atoms with Crippen molar-refractivity contribution >= 4 is 35.5 Å². The molecule has 1 heterocycles. The van der Waals surface area contributed by atoms with E-state index < -0.39 is 72.8 Å². The summed E-state index contributed by atoms with van der Waals surface area (Å²) >= 11 is 0. The quantitative estimate of drug-likeness (QED) is 0.0954. The summed E-state index contributed by atoms with van der Waals surface area (Å²) in [5.41, 5.74) is 11.8. The smallest absolute Gasteiger partial charge is 0.322 e. The van der Waals surface area contributed by atoms with Crippen LogP contribution in [0.1, 0.15) is 44.6 Å². The molecule has 2 rings (SSSR count). The largest absolute Gasteiger partial charge is 0.508 e. The fourth-order valence-electron chi connectivity index (χ4n) is 4.45. The van der Waals surface area contributed by atoms with Crippen LogP contribution in [0.15, 0.2) is 24.3 Å². The zero-order valence-corrected chi connectivity index (χ0v) is 23.6. The van der Waals surface area contributed by atoms with E-state index >= 15 is 0 Å². The zero-order valence-electron chi connectivity index (χ0n) is 23.6. The lowest BCUT2D eigenvalue weighted by molar-refractivity contribution is -0.141. The number of hydrogen-bond donors (Lipinski definition) is 8. The predicted molar refractivity (Wildman–Crippen MR) is 151 cm³/mol. The number of carboxylic acid groups (broad SMARTS) is 1. The number of carbonyl (C=O) groups is 6. The minimum absolute atomic E-state index is 0.0457. The minimum Gasteiger partial charge on any atom is -0.508 e. The summed E-state index contributed by atoms with van der Waals surface area (Å²) < 4.78 is 0. The summed E-state index contributed by atoms with van der Waals surface area (Å²) in [7, 11) is 0. The average Bonchev–Trinajstić information content (AvgIpc) is 3.44. The van der Waals surface area contributed by atoms with Crippen LogP contribution < -0.4 is 32.7 Å². The first kappa shape index (κ1) is 34.0. The van der Waals surface area contributed by atoms with Crippen molar-refractivity contribution in [1.82, 2.24) is 26.2 Å². The fraction of sp³-hybridized carbons (Fsp3) is 0.556. The second kappa shape index (κ2) is 16.9. The van der Waals surface area contributed by atoms with Gasteiger partial charge in [0, 0.05) is 13.0 Å². The van der Waals surface area contributed by atoms with Gasteiger partial charge in [0.25, 0.3) is 0 Å². The number of likely N-dealkylation sites (tertiary alicyclic amines) is 1. The molecular formula is C27H41N7O8. The molecule has 0 bridgehead atoms. The molecule has 0 radical (unpaired) electrons. The van der Waals surface area contributed by atoms with E-state index in [0.29, 0.717) is 37.8 Å². The Labute approximate surface area is 243 Å². The molecule has 1 aromatic rings. The van der Waals surface area contributed by atoms with Gasteiger partial charge in [0.1, 0.15) is 30.4 Å². The summed E-state index contributed by atoms with van der Waals surface area (Å²) in [6.45, 7) is 1.04. The number of benzene rings is 1. The summed E-state index contributed by atoms with van der Waals surface area (Å²) in [6, 6.07) is 2.35. The van der Waals surface area contributed by atoms with Gasteiger partial charge in [0.2, 0.25) is 29.5 Å². The number of nitrogens with one attached hydrogen (secondary N) is 4. The highest BCUT2D eigenvalue weighted by Gasteiger charge is 2.38. The van der Waals surface area contributed by atoms with E-state index in [1.54, 1.807) is 12.1 Å². The second-order valence-electron chi connectivity index (χ2n) is 10.1. The van der Waals surface area contributed by atoms with Gasteiger partial charge in [0.15, 0.2) is 0 Å². The third-order valence-electron chi connectivity index (χ3n) is 6.68. The van der Waals surface area contributed by atoms with E-state index in [1.165, 1.54) is 24.0 Å². The van der Waals surface area contributed by atoms with Gasteiger partial charge >= 0.3 is 5.97 Å². The molecule has 4 atom stereocenters. The van der Waals surface area contributed by atoms with E-state index in [4.69, 9.17) is 16.6 Å². The Hall–Kier alpha value is -4.24. The Kier molecular flexibility index (Phi) is 13.7. The number of phenols is 1. The lowest BCUT2D eigenvalue weighted by atomic mass is 10.0. The molecule has 232 valence electrons. The van der Waals surface area contributed by atoms with Crippen molar-refractivity contribution in [3.63, 3.8) is 0 Å². The third-order valence-corrected chi connectivity index (χ3v) is 6.68. The van der Waals surface area contributed by atoms with Crippen molar-refractivity contribution in [3.05, 3.63) is 29.8 Å². The Balaban J connectivity index is 2.04. The molecule has 1 aliphatic rings. The molecule has 1 fully saturated rings. The molecule has 1 saturated heterocycles. The van der Waals surface area contributed by atoms with Crippen molar-refractivity contribution in [2.75, 3.05) is 26.2 Å². The van der Waals surface area contributed by atoms with Crippen LogP contribution in [0.2, 0.25) is 0 Å². The fourth-order valence-corrected chi connectivity index (χ4v) is 4.45. The molecule has 0 aliphatic carbocycles. The monoisotopic (exact) mass is 591 g/mol. The zero-order chi connectivity index (χ0) is 31.2. The third kappa shape index (κ3) is 11.0. The van der Waals surface area contributed by atoms with E-state index in [-0.39, 0.29) is 25.1 Å². The van der Waals surface area contributed by atoms with Crippen LogP contribution in [-0.2, 0) is 35.2 Å². The molecule has 15 heteroatoms. The first-order valence-corrected chi connectivity index (χ1v) is 13.8. The van der Waals surface area contributed by atoms with E-state index in [9.17, 15) is 33.9 Å². The number of amides is 5. The molecule has 1 aromatic carbocycles. The lowest BCUT2D eigenvalue weighted by Gasteiger charge is -2.29. The van der Waals surface area contributed by atoms with Crippen molar-refractivity contribution in [3.8, 4) is 5.75 Å². The maximum absolute atomic E-state index is 13.5. The molecule has 0 spiro atoms. The Morgan fingerprint density at radius 1 is 0.976 bits per heavy atom.